The molecule has 0 spiro atoms. The van der Waals surface area contributed by atoms with Crippen molar-refractivity contribution in [1.29, 1.82) is 0 Å². The number of halogens is 3. The third kappa shape index (κ3) is 5.12. The zero-order valence-corrected chi connectivity index (χ0v) is 24.0. The summed E-state index contributed by atoms with van der Waals surface area (Å²) in [4.78, 5) is 15.7. The smallest absolute Gasteiger partial charge is 0.357 e. The van der Waals surface area contributed by atoms with Crippen molar-refractivity contribution in [3.63, 3.8) is 0 Å². The molecule has 8 rings (SSSR count). The van der Waals surface area contributed by atoms with Crippen LogP contribution in [-0.4, -0.2) is 43.2 Å². The second-order valence-electron chi connectivity index (χ2n) is 12.3. The first-order valence-electron chi connectivity index (χ1n) is 14.3. The summed E-state index contributed by atoms with van der Waals surface area (Å²) in [6.45, 7) is 1.06. The van der Waals surface area contributed by atoms with Gasteiger partial charge in [0.1, 0.15) is 11.5 Å². The lowest BCUT2D eigenvalue weighted by Crippen LogP contribution is -2.49. The van der Waals surface area contributed by atoms with E-state index in [-0.39, 0.29) is 16.9 Å². The Morgan fingerprint density at radius 2 is 1.78 bits per heavy atom. The molecular formula is C29H31Cl2FN4O5. The Labute approximate surface area is 246 Å². The van der Waals surface area contributed by atoms with Gasteiger partial charge in [-0.3, -0.25) is 9.67 Å². The molecule has 5 fully saturated rings. The molecule has 12 heteroatoms. The monoisotopic (exact) mass is 604 g/mol. The Kier molecular flexibility index (Phi) is 6.78. The van der Waals surface area contributed by atoms with Gasteiger partial charge in [0.05, 0.1) is 28.9 Å². The first-order chi connectivity index (χ1) is 19.8. The number of carbonyl (C=O) groups is 1. The predicted molar refractivity (Wildman–Crippen MR) is 147 cm³/mol. The maximum absolute atomic E-state index is 15.0. The lowest BCUT2D eigenvalue weighted by molar-refractivity contribution is -0.150. The topological polar surface area (TPSA) is 112 Å². The number of rotatable bonds is 11. The summed E-state index contributed by atoms with van der Waals surface area (Å²) in [5.74, 6) is -0.879. The van der Waals surface area contributed by atoms with Crippen LogP contribution in [-0.2, 0) is 17.9 Å². The van der Waals surface area contributed by atoms with E-state index in [0.717, 1.165) is 75.5 Å². The average molecular weight is 605 g/mol. The maximum atomic E-state index is 15.0. The number of carboxylic acids is 1. The van der Waals surface area contributed by atoms with Crippen LogP contribution < -0.4 is 4.74 Å². The second-order valence-corrected chi connectivity index (χ2v) is 13.1. The highest BCUT2D eigenvalue weighted by molar-refractivity contribution is 6.38. The van der Waals surface area contributed by atoms with Crippen LogP contribution in [0.5, 0.6) is 5.88 Å². The highest BCUT2D eigenvalue weighted by Crippen LogP contribution is 2.55. The number of aromatic nitrogens is 4. The van der Waals surface area contributed by atoms with Gasteiger partial charge in [-0.1, -0.05) is 28.4 Å². The summed E-state index contributed by atoms with van der Waals surface area (Å²) < 4.78 is 34.6. The molecule has 5 aliphatic carbocycles. The quantitative estimate of drug-likeness (QED) is 0.247. The minimum atomic E-state index is -1.32. The first-order valence-corrected chi connectivity index (χ1v) is 15.1. The summed E-state index contributed by atoms with van der Waals surface area (Å²) in [7, 11) is 0. The molecule has 0 aromatic carbocycles. The third-order valence-electron chi connectivity index (χ3n) is 9.42. The fraction of sp³-hybridized carbons (Fsp3) is 0.586. The summed E-state index contributed by atoms with van der Waals surface area (Å²) in [6.07, 6.45) is 12.4. The summed E-state index contributed by atoms with van der Waals surface area (Å²) in [6, 6.07) is 0. The highest BCUT2D eigenvalue weighted by atomic mass is 35.5. The van der Waals surface area contributed by atoms with Gasteiger partial charge >= 0.3 is 5.97 Å². The molecule has 0 unspecified atom stereocenters. The Morgan fingerprint density at radius 3 is 2.39 bits per heavy atom. The fourth-order valence-electron chi connectivity index (χ4n) is 6.46. The van der Waals surface area contributed by atoms with Crippen LogP contribution >= 0.6 is 23.2 Å². The van der Waals surface area contributed by atoms with E-state index < -0.39 is 17.5 Å². The molecule has 3 heterocycles. The van der Waals surface area contributed by atoms with Crippen LogP contribution in [0.3, 0.4) is 0 Å². The van der Waals surface area contributed by atoms with Crippen LogP contribution in [0.25, 0.3) is 11.3 Å². The van der Waals surface area contributed by atoms with Crippen LogP contribution in [0.1, 0.15) is 91.9 Å². The normalized spacial score (nSPS) is 25.5. The molecule has 0 aliphatic heterocycles. The molecule has 1 N–H and O–H groups in total. The number of ether oxygens (including phenoxy) is 2. The number of pyridine rings is 1. The summed E-state index contributed by atoms with van der Waals surface area (Å²) in [5.41, 5.74) is 1.32. The van der Waals surface area contributed by atoms with Crippen molar-refractivity contribution < 1.29 is 28.3 Å². The first kappa shape index (κ1) is 27.2. The van der Waals surface area contributed by atoms with Gasteiger partial charge in [-0.15, -0.1) is 5.10 Å². The molecule has 0 atom stereocenters. The number of aromatic carboxylic acids is 1. The van der Waals surface area contributed by atoms with Crippen LogP contribution in [0.2, 0.25) is 10.0 Å². The molecule has 218 valence electrons. The molecule has 9 nitrogen and oxygen atoms in total. The van der Waals surface area contributed by atoms with E-state index in [4.69, 9.17) is 37.2 Å². The van der Waals surface area contributed by atoms with E-state index in [2.05, 4.69) is 15.2 Å². The Hall–Kier alpha value is -2.69. The van der Waals surface area contributed by atoms with Gasteiger partial charge in [0.2, 0.25) is 5.82 Å². The van der Waals surface area contributed by atoms with E-state index in [1.54, 1.807) is 12.4 Å². The summed E-state index contributed by atoms with van der Waals surface area (Å²) >= 11 is 12.9. The lowest BCUT2D eigenvalue weighted by Gasteiger charge is -2.52. The van der Waals surface area contributed by atoms with Crippen molar-refractivity contribution in [3.8, 4) is 17.1 Å². The van der Waals surface area contributed by atoms with Gasteiger partial charge in [-0.05, 0) is 70.1 Å². The maximum Gasteiger partial charge on any atom is 0.357 e. The van der Waals surface area contributed by atoms with Crippen LogP contribution in [0, 0.1) is 17.2 Å². The van der Waals surface area contributed by atoms with Gasteiger partial charge in [-0.25, -0.2) is 4.79 Å². The molecule has 5 saturated carbocycles. The van der Waals surface area contributed by atoms with E-state index in [9.17, 15) is 14.3 Å². The van der Waals surface area contributed by atoms with Crippen molar-refractivity contribution >= 4 is 29.2 Å². The van der Waals surface area contributed by atoms with E-state index >= 15 is 0 Å². The third-order valence-corrected chi connectivity index (χ3v) is 10.00. The molecule has 0 radical (unpaired) electrons. The number of nitrogens with zero attached hydrogens (tertiary/aromatic N) is 4. The average Bonchev–Trinajstić information content (AvgIpc) is 3.89. The van der Waals surface area contributed by atoms with E-state index in [1.165, 1.54) is 4.68 Å². The van der Waals surface area contributed by atoms with Crippen molar-refractivity contribution in [1.82, 2.24) is 19.9 Å². The van der Waals surface area contributed by atoms with E-state index in [1.807, 2.05) is 0 Å². The van der Waals surface area contributed by atoms with Crippen molar-refractivity contribution in [2.24, 2.45) is 11.3 Å². The van der Waals surface area contributed by atoms with Crippen molar-refractivity contribution in [3.05, 3.63) is 45.3 Å². The number of hydrogen-bond donors (Lipinski definition) is 1. The zero-order valence-electron chi connectivity index (χ0n) is 22.5. The molecular weight excluding hydrogens is 574 g/mol. The largest absolute Gasteiger partial charge is 0.476 e. The minimum Gasteiger partial charge on any atom is -0.476 e. The number of carboxylic acid groups (broad SMARTS) is 1. The van der Waals surface area contributed by atoms with E-state index in [0.29, 0.717) is 52.9 Å². The molecule has 3 aromatic rings. The molecule has 3 aromatic heterocycles. The second kappa shape index (κ2) is 10.2. The fourth-order valence-corrected chi connectivity index (χ4v) is 7.01. The summed E-state index contributed by atoms with van der Waals surface area (Å²) in [5, 5.41) is 18.9. The van der Waals surface area contributed by atoms with Gasteiger partial charge in [0.15, 0.2) is 5.69 Å². The van der Waals surface area contributed by atoms with Gasteiger partial charge in [-0.2, -0.15) is 4.39 Å². The molecule has 0 amide bonds. The molecule has 2 bridgehead atoms. The van der Waals surface area contributed by atoms with Gasteiger partial charge < -0.3 is 19.1 Å². The standard InChI is InChI=1S/C29H31Cl2FN4O5/c30-19-11-33-12-20(31)21(19)23-18(25(41-35-23)17-3-4-17)14-40-29-8-5-28(6-9-29,7-10-29)15-39-26-22(32)24(27(37)38)36(34-26)13-16-1-2-16/h11-12,16-17H,1-10,13-15H2,(H,37,38). The Bertz CT molecular complexity index is 1450. The lowest BCUT2D eigenvalue weighted by atomic mass is 9.59. The minimum absolute atomic E-state index is 0.110. The Morgan fingerprint density at radius 1 is 1.10 bits per heavy atom. The van der Waals surface area contributed by atoms with Crippen molar-refractivity contribution in [2.45, 2.75) is 88.9 Å². The molecule has 41 heavy (non-hydrogen) atoms. The van der Waals surface area contributed by atoms with Crippen LogP contribution in [0.4, 0.5) is 4.39 Å². The molecule has 5 aliphatic rings. The zero-order chi connectivity index (χ0) is 28.4. The predicted octanol–water partition coefficient (Wildman–Crippen LogP) is 7.05. The van der Waals surface area contributed by atoms with Gasteiger partial charge in [0.25, 0.3) is 5.88 Å². The van der Waals surface area contributed by atoms with Crippen LogP contribution in [0.15, 0.2) is 16.9 Å². The van der Waals surface area contributed by atoms with Crippen molar-refractivity contribution in [2.75, 3.05) is 6.61 Å². The number of hydrogen-bond acceptors (Lipinski definition) is 7. The SMILES string of the molecule is O=C(O)c1c(F)c(OCC23CCC(OCc4c(-c5c(Cl)cncc5Cl)noc4C4CC4)(CC2)CC3)nn1CC1CC1. The molecule has 0 saturated heterocycles. The Balaban J connectivity index is 1.03. The number of fused-ring (bicyclic) bond motifs is 3. The van der Waals surface area contributed by atoms with Gasteiger partial charge in [0, 0.05) is 41.4 Å². The highest BCUT2D eigenvalue weighted by Gasteiger charge is 2.50.